The van der Waals surface area contributed by atoms with Crippen LogP contribution in [0.2, 0.25) is 0 Å². The number of carbonyl (C=O) groups excluding carboxylic acids is 3. The van der Waals surface area contributed by atoms with Crippen LogP contribution in [0.4, 0.5) is 5.82 Å². The summed E-state index contributed by atoms with van der Waals surface area (Å²) >= 11 is 0. The summed E-state index contributed by atoms with van der Waals surface area (Å²) in [6.45, 7) is 9.43. The molecule has 3 N–H and O–H groups in total. The monoisotopic (exact) mass is 563 g/mol. The highest BCUT2D eigenvalue weighted by atomic mass is 16.5. The maximum Gasteiger partial charge on any atom is 0.252 e. The molecule has 222 valence electrons. The first-order valence-electron chi connectivity index (χ1n) is 15.6. The van der Waals surface area contributed by atoms with E-state index in [0.29, 0.717) is 48.0 Å². The topological polar surface area (TPSA) is 113 Å². The van der Waals surface area contributed by atoms with E-state index in [1.807, 2.05) is 0 Å². The van der Waals surface area contributed by atoms with Gasteiger partial charge < -0.3 is 20.7 Å². The van der Waals surface area contributed by atoms with Crippen LogP contribution in [0.25, 0.3) is 0 Å². The highest BCUT2D eigenvalue weighted by Gasteiger charge is 2.59. The largest absolute Gasteiger partial charge is 0.379 e. The van der Waals surface area contributed by atoms with E-state index >= 15 is 0 Å². The van der Waals surface area contributed by atoms with Crippen LogP contribution in [0.1, 0.15) is 69.2 Å². The number of aromatic nitrogens is 1. The van der Waals surface area contributed by atoms with E-state index in [2.05, 4.69) is 45.8 Å². The van der Waals surface area contributed by atoms with Gasteiger partial charge in [0.25, 0.3) is 5.91 Å². The molecule has 1 aromatic rings. The average molecular weight is 564 g/mol. The molecule has 2 aliphatic heterocycles. The van der Waals surface area contributed by atoms with Crippen molar-refractivity contribution in [2.24, 2.45) is 34.5 Å². The van der Waals surface area contributed by atoms with Crippen LogP contribution in [0, 0.1) is 34.5 Å². The molecule has 3 amide bonds. The smallest absolute Gasteiger partial charge is 0.252 e. The number of carbonyl (C=O) groups is 3. The number of ether oxygens (including phenoxy) is 1. The number of hydrogen-bond acceptors (Lipinski definition) is 6. The van der Waals surface area contributed by atoms with Crippen molar-refractivity contribution in [3.8, 4) is 0 Å². The molecule has 0 aromatic carbocycles. The zero-order valence-electron chi connectivity index (χ0n) is 24.5. The van der Waals surface area contributed by atoms with Crippen LogP contribution in [-0.2, 0) is 14.3 Å². The summed E-state index contributed by atoms with van der Waals surface area (Å²) < 4.78 is 5.36. The molecule has 0 bridgehead atoms. The molecule has 3 aliphatic carbocycles. The van der Waals surface area contributed by atoms with Crippen molar-refractivity contribution >= 4 is 23.5 Å². The second-order valence-corrected chi connectivity index (χ2v) is 13.4. The molecular weight excluding hydrogens is 518 g/mol. The third-order valence-electron chi connectivity index (χ3n) is 11.4. The van der Waals surface area contributed by atoms with Gasteiger partial charge in [-0.1, -0.05) is 19.9 Å². The molecule has 1 saturated heterocycles. The molecule has 7 atom stereocenters. The molecule has 0 radical (unpaired) electrons. The van der Waals surface area contributed by atoms with Gasteiger partial charge in [0.1, 0.15) is 5.82 Å². The molecule has 9 nitrogen and oxygen atoms in total. The minimum atomic E-state index is -0.154. The number of fused-ring (bicyclic) bond motifs is 5. The second-order valence-electron chi connectivity index (χ2n) is 13.4. The molecule has 3 heterocycles. The van der Waals surface area contributed by atoms with Crippen LogP contribution in [0.3, 0.4) is 0 Å². The number of hydrogen-bond donors (Lipinski definition) is 3. The third kappa shape index (κ3) is 5.55. The first-order chi connectivity index (χ1) is 19.8. The zero-order chi connectivity index (χ0) is 28.6. The van der Waals surface area contributed by atoms with E-state index in [4.69, 9.17) is 4.74 Å². The molecule has 5 aliphatic rings. The fourth-order valence-corrected chi connectivity index (χ4v) is 9.05. The van der Waals surface area contributed by atoms with Crippen molar-refractivity contribution in [1.29, 1.82) is 0 Å². The summed E-state index contributed by atoms with van der Waals surface area (Å²) in [6, 6.07) is 3.68. The lowest BCUT2D eigenvalue weighted by Crippen LogP contribution is -2.59. The predicted octanol–water partition coefficient (Wildman–Crippen LogP) is 3.39. The third-order valence-corrected chi connectivity index (χ3v) is 11.4. The Morgan fingerprint density at radius 2 is 1.93 bits per heavy atom. The van der Waals surface area contributed by atoms with E-state index in [-0.39, 0.29) is 34.6 Å². The van der Waals surface area contributed by atoms with Crippen LogP contribution in [-0.4, -0.2) is 73.0 Å². The standard InChI is InChI=1S/C32H45N5O4/c1-31-11-9-25-23(5-7-26-32(25,2)12-10-28(38)35-26)24(31)6-4-22(31)19-29(39)36-27-8-3-21(20-34-27)30(40)33-13-14-37-15-17-41-18-16-37/h3,8,10,12,20,22-26H,4-7,9,11,13-19H2,1-2H3,(H,33,40)(H,35,38)(H,34,36,39)/t22-,23+,24+,25+,26-,31-,32-/m1/s1. The Balaban J connectivity index is 1.01. The summed E-state index contributed by atoms with van der Waals surface area (Å²) in [5.41, 5.74) is 0.689. The van der Waals surface area contributed by atoms with Gasteiger partial charge >= 0.3 is 0 Å². The van der Waals surface area contributed by atoms with Crippen molar-refractivity contribution in [2.75, 3.05) is 44.7 Å². The highest BCUT2D eigenvalue weighted by molar-refractivity contribution is 5.95. The maximum absolute atomic E-state index is 13.2. The SMILES string of the molecule is C[C@]12C=CC(=O)N[C@@H]1CC[C@@H]1[C@@H]2CC[C@]2(C)[C@@H](CC(=O)Nc3ccc(C(=O)NCCN4CCOCC4)cn3)CC[C@@H]12. The molecule has 41 heavy (non-hydrogen) atoms. The molecular formula is C32H45N5O4. The molecule has 6 rings (SSSR count). The van der Waals surface area contributed by atoms with Gasteiger partial charge in [-0.05, 0) is 85.8 Å². The Labute approximate surface area is 243 Å². The van der Waals surface area contributed by atoms with Crippen LogP contribution >= 0.6 is 0 Å². The van der Waals surface area contributed by atoms with Crippen molar-refractivity contribution in [2.45, 2.75) is 64.8 Å². The van der Waals surface area contributed by atoms with Gasteiger partial charge in [0.2, 0.25) is 11.8 Å². The summed E-state index contributed by atoms with van der Waals surface area (Å²) in [4.78, 5) is 44.3. The van der Waals surface area contributed by atoms with Crippen LogP contribution < -0.4 is 16.0 Å². The first-order valence-corrected chi connectivity index (χ1v) is 15.6. The fraction of sp³-hybridized carbons (Fsp3) is 0.688. The van der Waals surface area contributed by atoms with Crippen molar-refractivity contribution in [3.63, 3.8) is 0 Å². The van der Waals surface area contributed by atoms with Crippen LogP contribution in [0.5, 0.6) is 0 Å². The fourth-order valence-electron chi connectivity index (χ4n) is 9.05. The number of nitrogens with one attached hydrogen (secondary N) is 3. The summed E-state index contributed by atoms with van der Waals surface area (Å²) in [5.74, 6) is 2.60. The highest BCUT2D eigenvalue weighted by Crippen LogP contribution is 2.65. The van der Waals surface area contributed by atoms with Crippen molar-refractivity contribution < 1.29 is 19.1 Å². The molecule has 9 heteroatoms. The lowest BCUT2D eigenvalue weighted by Gasteiger charge is -2.59. The Morgan fingerprint density at radius 3 is 2.71 bits per heavy atom. The van der Waals surface area contributed by atoms with Crippen molar-refractivity contribution in [3.05, 3.63) is 36.0 Å². The van der Waals surface area contributed by atoms with Gasteiger partial charge in [-0.3, -0.25) is 19.3 Å². The Kier molecular flexibility index (Phi) is 7.94. The first kappa shape index (κ1) is 28.3. The Morgan fingerprint density at radius 1 is 1.10 bits per heavy atom. The summed E-state index contributed by atoms with van der Waals surface area (Å²) in [6.07, 6.45) is 12.7. The average Bonchev–Trinajstić information content (AvgIpc) is 3.30. The molecule has 4 fully saturated rings. The number of nitrogens with zero attached hydrogens (tertiary/aromatic N) is 2. The molecule has 0 unspecified atom stereocenters. The number of anilines is 1. The minimum absolute atomic E-state index is 0.00260. The molecule has 3 saturated carbocycles. The van der Waals surface area contributed by atoms with E-state index in [1.54, 1.807) is 18.2 Å². The van der Waals surface area contributed by atoms with Crippen molar-refractivity contribution in [1.82, 2.24) is 20.5 Å². The summed E-state index contributed by atoms with van der Waals surface area (Å²) in [5, 5.41) is 9.18. The number of amides is 3. The van der Waals surface area contributed by atoms with E-state index < -0.39 is 0 Å². The number of pyridine rings is 1. The van der Waals surface area contributed by atoms with Gasteiger partial charge in [-0.15, -0.1) is 0 Å². The normalized spacial score (nSPS) is 36.4. The zero-order valence-corrected chi connectivity index (χ0v) is 24.5. The van der Waals surface area contributed by atoms with Gasteiger partial charge in [0, 0.05) is 50.3 Å². The maximum atomic E-state index is 13.2. The van der Waals surface area contributed by atoms with Gasteiger partial charge in [-0.25, -0.2) is 4.98 Å². The summed E-state index contributed by atoms with van der Waals surface area (Å²) in [7, 11) is 0. The van der Waals surface area contributed by atoms with Gasteiger partial charge in [0.05, 0.1) is 18.8 Å². The van der Waals surface area contributed by atoms with Crippen LogP contribution in [0.15, 0.2) is 30.5 Å². The predicted molar refractivity (Wildman–Crippen MR) is 156 cm³/mol. The van der Waals surface area contributed by atoms with Gasteiger partial charge in [0.15, 0.2) is 0 Å². The van der Waals surface area contributed by atoms with E-state index in [0.717, 1.165) is 65.0 Å². The van der Waals surface area contributed by atoms with Gasteiger partial charge in [-0.2, -0.15) is 0 Å². The molecule has 1 aromatic heterocycles. The van der Waals surface area contributed by atoms with E-state index in [9.17, 15) is 14.4 Å². The number of morpholine rings is 1. The quantitative estimate of drug-likeness (QED) is 0.469. The Hall–Kier alpha value is -2.78. The Bertz CT molecular complexity index is 1180. The minimum Gasteiger partial charge on any atom is -0.379 e. The second kappa shape index (κ2) is 11.5. The lowest BCUT2D eigenvalue weighted by molar-refractivity contribution is -0.123. The number of rotatable bonds is 7. The lowest BCUT2D eigenvalue weighted by atomic mass is 9.48. The molecule has 0 spiro atoms. The van der Waals surface area contributed by atoms with E-state index in [1.165, 1.54) is 12.6 Å².